The third-order valence-electron chi connectivity index (χ3n) is 8.01. The van der Waals surface area contributed by atoms with Crippen molar-refractivity contribution in [2.75, 3.05) is 18.8 Å². The molecule has 0 aromatic heterocycles. The summed E-state index contributed by atoms with van der Waals surface area (Å²) in [5, 5.41) is 2.80. The number of carbonyl (C=O) groups excluding carboxylic acids is 2. The third-order valence-corrected chi connectivity index (χ3v) is 9.88. The summed E-state index contributed by atoms with van der Waals surface area (Å²) in [5.41, 5.74) is 1.72. The molecule has 4 rings (SSSR count). The minimum absolute atomic E-state index is 0.0288. The zero-order valence-corrected chi connectivity index (χ0v) is 22.1. The van der Waals surface area contributed by atoms with Crippen LogP contribution in [0.15, 0.2) is 23.2 Å². The summed E-state index contributed by atoms with van der Waals surface area (Å²) in [6.07, 6.45) is -2.29. The standard InChI is InChI=1S/C26H34F3N3O4S/c1-17-15-19(16-18(2)33)3-4-20(17)9-14-37(35,36)32-12-10-25(11-13-32)24(34)30-23(31-25)21-5-7-22(8-6-21)26(27,28)29/h3-4,15,21-22H,5-14,16H2,1-2H3,(H,30,31,34). The molecule has 2 fully saturated rings. The van der Waals surface area contributed by atoms with E-state index in [4.69, 9.17) is 0 Å². The number of hydrogen-bond acceptors (Lipinski definition) is 5. The van der Waals surface area contributed by atoms with E-state index in [0.717, 1.165) is 16.7 Å². The van der Waals surface area contributed by atoms with E-state index in [1.807, 2.05) is 25.1 Å². The maximum atomic E-state index is 13.0. The van der Waals surface area contributed by atoms with E-state index in [1.165, 1.54) is 11.2 Å². The summed E-state index contributed by atoms with van der Waals surface area (Å²) < 4.78 is 66.5. The number of Topliss-reactive ketones (excluding diaryl/α,β-unsaturated/α-hetero) is 1. The van der Waals surface area contributed by atoms with Gasteiger partial charge in [-0.25, -0.2) is 12.7 Å². The van der Waals surface area contributed by atoms with Crippen LogP contribution in [0.1, 0.15) is 62.1 Å². The fourth-order valence-corrected chi connectivity index (χ4v) is 7.18. The van der Waals surface area contributed by atoms with Crippen molar-refractivity contribution in [2.45, 2.75) is 76.9 Å². The van der Waals surface area contributed by atoms with Crippen molar-refractivity contribution in [3.8, 4) is 0 Å². The molecule has 0 atom stereocenters. The lowest BCUT2D eigenvalue weighted by Gasteiger charge is -2.34. The van der Waals surface area contributed by atoms with E-state index in [9.17, 15) is 31.2 Å². The molecule has 1 aliphatic carbocycles. The fraction of sp³-hybridized carbons (Fsp3) is 0.654. The largest absolute Gasteiger partial charge is 0.391 e. The first kappa shape index (κ1) is 27.8. The van der Waals surface area contributed by atoms with Gasteiger partial charge in [-0.2, -0.15) is 13.2 Å². The second kappa shape index (κ2) is 10.5. The number of ketones is 1. The van der Waals surface area contributed by atoms with Crippen LogP contribution in [0.25, 0.3) is 0 Å². The molecule has 3 aliphatic rings. The molecule has 1 saturated heterocycles. The zero-order chi connectivity index (χ0) is 27.0. The molecule has 1 aromatic carbocycles. The highest BCUT2D eigenvalue weighted by Gasteiger charge is 2.49. The van der Waals surface area contributed by atoms with Crippen LogP contribution < -0.4 is 5.32 Å². The molecule has 1 spiro atoms. The van der Waals surface area contributed by atoms with Crippen molar-refractivity contribution in [3.05, 3.63) is 34.9 Å². The number of carbonyl (C=O) groups is 2. The highest BCUT2D eigenvalue weighted by molar-refractivity contribution is 7.89. The molecule has 37 heavy (non-hydrogen) atoms. The first-order valence-corrected chi connectivity index (χ1v) is 14.4. The number of rotatable bonds is 7. The minimum atomic E-state index is -4.19. The number of nitrogens with one attached hydrogen (secondary N) is 1. The van der Waals surface area contributed by atoms with E-state index in [1.54, 1.807) is 0 Å². The van der Waals surface area contributed by atoms with Crippen molar-refractivity contribution in [3.63, 3.8) is 0 Å². The average Bonchev–Trinajstić information content (AvgIpc) is 3.13. The Morgan fingerprint density at radius 2 is 1.81 bits per heavy atom. The van der Waals surface area contributed by atoms with Gasteiger partial charge in [0.15, 0.2) is 0 Å². The summed E-state index contributed by atoms with van der Waals surface area (Å²) in [6, 6.07) is 5.64. The van der Waals surface area contributed by atoms with Crippen molar-refractivity contribution >= 4 is 27.5 Å². The average molecular weight is 542 g/mol. The predicted molar refractivity (Wildman–Crippen MR) is 134 cm³/mol. The highest BCUT2D eigenvalue weighted by atomic mass is 32.2. The molecule has 204 valence electrons. The first-order valence-electron chi connectivity index (χ1n) is 12.8. The minimum Gasteiger partial charge on any atom is -0.312 e. The van der Waals surface area contributed by atoms with Gasteiger partial charge in [-0.3, -0.25) is 14.6 Å². The van der Waals surface area contributed by atoms with Crippen LogP contribution in [0.3, 0.4) is 0 Å². The molecule has 1 amide bonds. The maximum Gasteiger partial charge on any atom is 0.391 e. The van der Waals surface area contributed by atoms with Crippen LogP contribution in [0.2, 0.25) is 0 Å². The number of sulfonamides is 1. The van der Waals surface area contributed by atoms with Gasteiger partial charge in [0.25, 0.3) is 5.91 Å². The number of benzene rings is 1. The number of piperidine rings is 1. The number of amidine groups is 1. The molecule has 0 bridgehead atoms. The SMILES string of the molecule is CC(=O)Cc1ccc(CCS(=O)(=O)N2CCC3(CC2)N=C(C2CCC(C(F)(F)F)CC2)NC3=O)c(C)c1. The smallest absolute Gasteiger partial charge is 0.312 e. The maximum absolute atomic E-state index is 13.0. The number of hydrogen-bond donors (Lipinski definition) is 1. The number of alkyl halides is 3. The lowest BCUT2D eigenvalue weighted by Crippen LogP contribution is -2.51. The molecular formula is C26H34F3N3O4S. The number of amides is 1. The Labute approximate surface area is 215 Å². The van der Waals surface area contributed by atoms with Crippen molar-refractivity contribution in [1.82, 2.24) is 9.62 Å². The molecule has 7 nitrogen and oxygen atoms in total. The van der Waals surface area contributed by atoms with Crippen molar-refractivity contribution < 1.29 is 31.2 Å². The Morgan fingerprint density at radius 3 is 2.38 bits per heavy atom. The Morgan fingerprint density at radius 1 is 1.16 bits per heavy atom. The van der Waals surface area contributed by atoms with Crippen LogP contribution in [0, 0.1) is 18.8 Å². The summed E-state index contributed by atoms with van der Waals surface area (Å²) in [7, 11) is -3.55. The quantitative estimate of drug-likeness (QED) is 0.569. The summed E-state index contributed by atoms with van der Waals surface area (Å²) in [4.78, 5) is 28.8. The molecule has 2 heterocycles. The second-order valence-corrected chi connectivity index (χ2v) is 12.8. The molecule has 1 N–H and O–H groups in total. The monoisotopic (exact) mass is 541 g/mol. The summed E-state index contributed by atoms with van der Waals surface area (Å²) in [5.74, 6) is -1.31. The second-order valence-electron chi connectivity index (χ2n) is 10.7. The van der Waals surface area contributed by atoms with Gasteiger partial charge in [0.1, 0.15) is 17.2 Å². The van der Waals surface area contributed by atoms with Crippen LogP contribution in [0.4, 0.5) is 13.2 Å². The van der Waals surface area contributed by atoms with Crippen LogP contribution >= 0.6 is 0 Å². The zero-order valence-electron chi connectivity index (χ0n) is 21.2. The number of aliphatic imine (C=N–C) groups is 1. The van der Waals surface area contributed by atoms with Crippen molar-refractivity contribution in [2.24, 2.45) is 16.8 Å². The molecule has 1 saturated carbocycles. The molecule has 11 heteroatoms. The molecular weight excluding hydrogens is 507 g/mol. The normalized spacial score (nSPS) is 24.7. The predicted octanol–water partition coefficient (Wildman–Crippen LogP) is 3.73. The van der Waals surface area contributed by atoms with E-state index in [2.05, 4.69) is 10.3 Å². The number of halogens is 3. The van der Waals surface area contributed by atoms with E-state index in [0.29, 0.717) is 31.5 Å². The first-order chi connectivity index (χ1) is 17.3. The lowest BCUT2D eigenvalue weighted by molar-refractivity contribution is -0.182. The van der Waals surface area contributed by atoms with E-state index >= 15 is 0 Å². The third kappa shape index (κ3) is 6.25. The molecule has 0 unspecified atom stereocenters. The van der Waals surface area contributed by atoms with Gasteiger partial charge in [-0.1, -0.05) is 18.2 Å². The topological polar surface area (TPSA) is 95.9 Å². The molecule has 1 aromatic rings. The van der Waals surface area contributed by atoms with Gasteiger partial charge in [0.2, 0.25) is 10.0 Å². The van der Waals surface area contributed by atoms with Gasteiger partial charge < -0.3 is 5.32 Å². The van der Waals surface area contributed by atoms with E-state index < -0.39 is 27.7 Å². The number of nitrogens with zero attached hydrogens (tertiary/aromatic N) is 2. The summed E-state index contributed by atoms with van der Waals surface area (Å²) in [6.45, 7) is 3.77. The molecule has 2 aliphatic heterocycles. The Kier molecular flexibility index (Phi) is 7.86. The Hall–Kier alpha value is -2.27. The van der Waals surface area contributed by atoms with Gasteiger partial charge >= 0.3 is 6.18 Å². The summed E-state index contributed by atoms with van der Waals surface area (Å²) >= 11 is 0. The van der Waals surface area contributed by atoms with Gasteiger partial charge in [0, 0.05) is 25.4 Å². The number of aryl methyl sites for hydroxylation is 2. The van der Waals surface area contributed by atoms with Gasteiger partial charge in [0.05, 0.1) is 11.7 Å². The van der Waals surface area contributed by atoms with Gasteiger partial charge in [-0.15, -0.1) is 0 Å². The van der Waals surface area contributed by atoms with Gasteiger partial charge in [-0.05, 0) is 75.5 Å². The highest BCUT2D eigenvalue weighted by Crippen LogP contribution is 2.41. The van der Waals surface area contributed by atoms with Crippen LogP contribution in [-0.2, 0) is 32.5 Å². The van der Waals surface area contributed by atoms with E-state index in [-0.39, 0.29) is 62.1 Å². The fourth-order valence-electron chi connectivity index (χ4n) is 5.71. The van der Waals surface area contributed by atoms with Crippen LogP contribution in [-0.4, -0.2) is 60.8 Å². The Bertz CT molecular complexity index is 1180. The van der Waals surface area contributed by atoms with Crippen molar-refractivity contribution in [1.29, 1.82) is 0 Å². The molecule has 0 radical (unpaired) electrons. The Balaban J connectivity index is 1.34. The lowest BCUT2D eigenvalue weighted by atomic mass is 9.81. The van der Waals surface area contributed by atoms with Crippen LogP contribution in [0.5, 0.6) is 0 Å².